The smallest absolute Gasteiger partial charge is 0.311 e. The molecule has 1 aromatic rings. The molecule has 0 bridgehead atoms. The van der Waals surface area contributed by atoms with E-state index >= 15 is 0 Å². The molecule has 0 aliphatic heterocycles. The van der Waals surface area contributed by atoms with Gasteiger partial charge in [0, 0.05) is 0 Å². The first-order valence-electron chi connectivity index (χ1n) is 4.61. The number of hydrogen-bond donors (Lipinski definition) is 0. The van der Waals surface area contributed by atoms with Crippen LogP contribution in [-0.4, -0.2) is 11.7 Å². The van der Waals surface area contributed by atoms with E-state index in [1.807, 2.05) is 0 Å². The van der Waals surface area contributed by atoms with Gasteiger partial charge in [-0.25, -0.2) is 0 Å². The maximum Gasteiger partial charge on any atom is 0.416 e. The molecule has 1 rings (SSSR count). The van der Waals surface area contributed by atoms with Crippen LogP contribution in [0, 0.1) is 15.0 Å². The summed E-state index contributed by atoms with van der Waals surface area (Å²) in [5, 5.41) is 11.4. The third-order valence-electron chi connectivity index (χ3n) is 2.09. The molecule has 0 radical (unpaired) electrons. The quantitative estimate of drug-likeness (QED) is 0.465. The third-order valence-corrected chi connectivity index (χ3v) is 2.09. The van der Waals surface area contributed by atoms with Crippen LogP contribution in [0.1, 0.15) is 17.2 Å². The lowest BCUT2D eigenvalue weighted by Crippen LogP contribution is -2.10. The summed E-state index contributed by atoms with van der Waals surface area (Å²) in [4.78, 5) is 24.3. The first kappa shape index (κ1) is 13.9. The van der Waals surface area contributed by atoms with Crippen molar-refractivity contribution in [3.8, 4) is 0 Å². The highest BCUT2D eigenvalue weighted by Crippen LogP contribution is 2.30. The van der Waals surface area contributed by atoms with Gasteiger partial charge in [-0.1, -0.05) is 17.3 Å². The summed E-state index contributed by atoms with van der Waals surface area (Å²) in [6.07, 6.45) is -4.49. The summed E-state index contributed by atoms with van der Waals surface area (Å²) in [5.74, 6) is 0. The van der Waals surface area contributed by atoms with E-state index in [1.165, 1.54) is 0 Å². The molecule has 1 atom stereocenters. The average Bonchev–Trinajstić information content (AvgIpc) is 2.29. The van der Waals surface area contributed by atoms with Crippen molar-refractivity contribution < 1.29 is 23.1 Å². The SMILES string of the molecule is O=NC(CO[N+](=O)[O-])c1ccc(C(F)(F)F)cc1. The van der Waals surface area contributed by atoms with Crippen molar-refractivity contribution in [2.75, 3.05) is 6.61 Å². The van der Waals surface area contributed by atoms with Crippen LogP contribution in [0.4, 0.5) is 13.2 Å². The van der Waals surface area contributed by atoms with Crippen molar-refractivity contribution in [3.05, 3.63) is 50.4 Å². The summed E-state index contributed by atoms with van der Waals surface area (Å²) in [6, 6.07) is 2.35. The second-order valence-electron chi connectivity index (χ2n) is 3.26. The molecule has 0 aromatic heterocycles. The lowest BCUT2D eigenvalue weighted by atomic mass is 10.1. The summed E-state index contributed by atoms with van der Waals surface area (Å²) in [6.45, 7) is -0.637. The van der Waals surface area contributed by atoms with Crippen LogP contribution in [0.5, 0.6) is 0 Å². The fraction of sp³-hybridized carbons (Fsp3) is 0.333. The van der Waals surface area contributed by atoms with Gasteiger partial charge in [0.1, 0.15) is 12.6 Å². The van der Waals surface area contributed by atoms with Crippen LogP contribution in [-0.2, 0) is 11.0 Å². The minimum atomic E-state index is -4.49. The van der Waals surface area contributed by atoms with Gasteiger partial charge in [0.15, 0.2) is 0 Å². The highest BCUT2D eigenvalue weighted by molar-refractivity contribution is 5.26. The van der Waals surface area contributed by atoms with Gasteiger partial charge in [-0.3, -0.25) is 0 Å². The van der Waals surface area contributed by atoms with Crippen molar-refractivity contribution in [2.24, 2.45) is 5.18 Å². The van der Waals surface area contributed by atoms with Gasteiger partial charge in [-0.15, -0.1) is 10.1 Å². The van der Waals surface area contributed by atoms with Gasteiger partial charge in [-0.05, 0) is 17.7 Å². The van der Waals surface area contributed by atoms with E-state index in [1.54, 1.807) is 0 Å². The molecule has 0 aliphatic rings. The van der Waals surface area contributed by atoms with E-state index in [2.05, 4.69) is 10.0 Å². The Hall–Kier alpha value is -2.19. The molecule has 0 N–H and O–H groups in total. The van der Waals surface area contributed by atoms with Crippen LogP contribution in [0.3, 0.4) is 0 Å². The van der Waals surface area contributed by atoms with Crippen LogP contribution in [0.25, 0.3) is 0 Å². The number of benzene rings is 1. The fourth-order valence-electron chi connectivity index (χ4n) is 1.21. The first-order valence-corrected chi connectivity index (χ1v) is 4.61. The Morgan fingerprint density at radius 2 is 1.89 bits per heavy atom. The molecule has 0 saturated carbocycles. The molecule has 0 saturated heterocycles. The number of alkyl halides is 3. The maximum absolute atomic E-state index is 12.3. The van der Waals surface area contributed by atoms with Crippen LogP contribution in [0.15, 0.2) is 29.4 Å². The molecular formula is C9H7F3N2O4. The Balaban J connectivity index is 2.82. The van der Waals surface area contributed by atoms with Crippen LogP contribution in [0.2, 0.25) is 0 Å². The van der Waals surface area contributed by atoms with Gasteiger partial charge in [0.05, 0.1) is 5.56 Å². The normalized spacial score (nSPS) is 12.8. The van der Waals surface area contributed by atoms with E-state index in [9.17, 15) is 28.2 Å². The first-order chi connectivity index (χ1) is 8.34. The van der Waals surface area contributed by atoms with Crippen molar-refractivity contribution in [3.63, 3.8) is 0 Å². The van der Waals surface area contributed by atoms with Crippen LogP contribution >= 0.6 is 0 Å². The molecule has 1 aromatic carbocycles. The topological polar surface area (TPSA) is 81.8 Å². The molecule has 0 spiro atoms. The minimum Gasteiger partial charge on any atom is -0.311 e. The summed E-state index contributed by atoms with van der Waals surface area (Å²) in [7, 11) is 0. The number of rotatable bonds is 5. The maximum atomic E-state index is 12.3. The van der Waals surface area contributed by atoms with Crippen molar-refractivity contribution in [2.45, 2.75) is 12.2 Å². The predicted molar refractivity (Wildman–Crippen MR) is 52.9 cm³/mol. The molecular weight excluding hydrogens is 257 g/mol. The molecule has 0 amide bonds. The second kappa shape index (κ2) is 5.43. The van der Waals surface area contributed by atoms with Crippen molar-refractivity contribution in [1.82, 2.24) is 0 Å². The molecule has 0 aliphatic carbocycles. The zero-order chi connectivity index (χ0) is 13.8. The zero-order valence-electron chi connectivity index (χ0n) is 8.76. The van der Waals surface area contributed by atoms with Gasteiger partial charge in [0.25, 0.3) is 5.09 Å². The lowest BCUT2D eigenvalue weighted by molar-refractivity contribution is -0.758. The average molecular weight is 264 g/mol. The van der Waals surface area contributed by atoms with Gasteiger partial charge >= 0.3 is 6.18 Å². The summed E-state index contributed by atoms with van der Waals surface area (Å²) in [5.41, 5.74) is -0.772. The molecule has 1 unspecified atom stereocenters. The Morgan fingerprint density at radius 1 is 1.33 bits per heavy atom. The second-order valence-corrected chi connectivity index (χ2v) is 3.26. The molecule has 9 heteroatoms. The number of hydrogen-bond acceptors (Lipinski definition) is 5. The number of nitrogens with zero attached hydrogens (tertiary/aromatic N) is 2. The predicted octanol–water partition coefficient (Wildman–Crippen LogP) is 2.72. The molecule has 0 heterocycles. The highest BCUT2D eigenvalue weighted by atomic mass is 19.4. The number of halogens is 3. The van der Waals surface area contributed by atoms with E-state index < -0.39 is 29.5 Å². The van der Waals surface area contributed by atoms with Gasteiger partial charge < -0.3 is 4.84 Å². The fourth-order valence-corrected chi connectivity index (χ4v) is 1.21. The van der Waals surface area contributed by atoms with Crippen molar-refractivity contribution >= 4 is 0 Å². The van der Waals surface area contributed by atoms with Gasteiger partial charge in [-0.2, -0.15) is 18.1 Å². The van der Waals surface area contributed by atoms with E-state index in [0.717, 1.165) is 24.3 Å². The largest absolute Gasteiger partial charge is 0.416 e. The van der Waals surface area contributed by atoms with E-state index in [-0.39, 0.29) is 5.56 Å². The minimum absolute atomic E-state index is 0.111. The molecule has 0 fully saturated rings. The Morgan fingerprint density at radius 3 is 2.28 bits per heavy atom. The monoisotopic (exact) mass is 264 g/mol. The van der Waals surface area contributed by atoms with Crippen LogP contribution < -0.4 is 0 Å². The summed E-state index contributed by atoms with van der Waals surface area (Å²) < 4.78 is 36.8. The Labute approximate surface area is 98.4 Å². The third kappa shape index (κ3) is 3.68. The molecule has 6 nitrogen and oxygen atoms in total. The Kier molecular flexibility index (Phi) is 4.18. The molecule has 18 heavy (non-hydrogen) atoms. The van der Waals surface area contributed by atoms with Gasteiger partial charge in [0.2, 0.25) is 0 Å². The standard InChI is InChI=1S/C9H7F3N2O4/c10-9(11,12)7-3-1-6(2-4-7)8(13-15)5-18-14(16)17/h1-4,8H,5H2. The molecule has 98 valence electrons. The van der Waals surface area contributed by atoms with E-state index in [0.29, 0.717) is 0 Å². The zero-order valence-corrected chi connectivity index (χ0v) is 8.76. The Bertz CT molecular complexity index is 432. The highest BCUT2D eigenvalue weighted by Gasteiger charge is 2.30. The number of nitroso groups, excluding NO2 is 1. The van der Waals surface area contributed by atoms with Crippen molar-refractivity contribution in [1.29, 1.82) is 0 Å². The summed E-state index contributed by atoms with van der Waals surface area (Å²) >= 11 is 0. The van der Waals surface area contributed by atoms with E-state index in [4.69, 9.17) is 0 Å². The lowest BCUT2D eigenvalue weighted by Gasteiger charge is -2.10.